The molecule has 1 amide bonds. The molecular formula is C29H26N4O5S2. The Morgan fingerprint density at radius 2 is 1.93 bits per heavy atom. The third-order valence-electron chi connectivity index (χ3n) is 6.76. The molecule has 0 bridgehead atoms. The Labute approximate surface area is 238 Å². The highest BCUT2D eigenvalue weighted by atomic mass is 32.2. The van der Waals surface area contributed by atoms with Crippen LogP contribution in [0.1, 0.15) is 29.3 Å². The number of amides is 1. The molecular weight excluding hydrogens is 548 g/mol. The molecule has 1 unspecified atom stereocenters. The summed E-state index contributed by atoms with van der Waals surface area (Å²) in [5.74, 6) is 0.501. The molecule has 40 heavy (non-hydrogen) atoms. The summed E-state index contributed by atoms with van der Waals surface area (Å²) in [6.45, 7) is 4.94. The van der Waals surface area contributed by atoms with Crippen LogP contribution in [0.2, 0.25) is 0 Å². The van der Waals surface area contributed by atoms with Crippen LogP contribution < -0.4 is 14.8 Å². The number of rotatable bonds is 7. The van der Waals surface area contributed by atoms with Crippen LogP contribution in [0.3, 0.4) is 0 Å². The lowest BCUT2D eigenvalue weighted by atomic mass is 10.0. The summed E-state index contributed by atoms with van der Waals surface area (Å²) in [6.07, 6.45) is 0.545. The van der Waals surface area contributed by atoms with E-state index in [9.17, 15) is 9.59 Å². The summed E-state index contributed by atoms with van der Waals surface area (Å²) >= 11 is 2.62. The van der Waals surface area contributed by atoms with Gasteiger partial charge in [0.2, 0.25) is 5.91 Å². The summed E-state index contributed by atoms with van der Waals surface area (Å²) in [5.41, 5.74) is 4.53. The minimum absolute atomic E-state index is 0.235. The Balaban J connectivity index is 1.30. The number of carbonyl (C=O) groups is 2. The highest BCUT2D eigenvalue weighted by Gasteiger charge is 2.27. The van der Waals surface area contributed by atoms with Crippen LogP contribution in [-0.4, -0.2) is 52.0 Å². The number of aromatic nitrogens is 3. The van der Waals surface area contributed by atoms with Gasteiger partial charge in [-0.2, -0.15) is 0 Å². The predicted molar refractivity (Wildman–Crippen MR) is 156 cm³/mol. The Bertz CT molecular complexity index is 1760. The van der Waals surface area contributed by atoms with Crippen LogP contribution in [0.15, 0.2) is 59.1 Å². The molecule has 5 aromatic rings. The number of benzene rings is 2. The molecule has 1 aliphatic heterocycles. The van der Waals surface area contributed by atoms with Crippen molar-refractivity contribution in [2.24, 2.45) is 0 Å². The van der Waals surface area contributed by atoms with Crippen LogP contribution in [0.25, 0.3) is 27.7 Å². The molecule has 6 rings (SSSR count). The second kappa shape index (κ2) is 10.8. The molecule has 204 valence electrons. The molecule has 0 fully saturated rings. The monoisotopic (exact) mass is 574 g/mol. The number of hydrogen-bond acceptors (Lipinski definition) is 9. The van der Waals surface area contributed by atoms with Gasteiger partial charge < -0.3 is 19.5 Å². The molecule has 0 radical (unpaired) electrons. The first-order chi connectivity index (χ1) is 19.5. The van der Waals surface area contributed by atoms with Crippen molar-refractivity contribution < 1.29 is 23.8 Å². The number of nitrogens with zero attached hydrogens (tertiary/aromatic N) is 3. The minimum atomic E-state index is -0.535. The Kier molecular flexibility index (Phi) is 7.07. The number of aryl methyl sites for hydroxylation is 1. The molecule has 11 heteroatoms. The lowest BCUT2D eigenvalue weighted by molar-refractivity contribution is -0.115. The first-order valence-electron chi connectivity index (χ1n) is 12.8. The summed E-state index contributed by atoms with van der Waals surface area (Å²) in [7, 11) is 1.33. The third-order valence-corrected chi connectivity index (χ3v) is 8.96. The quantitative estimate of drug-likeness (QED) is 0.187. The van der Waals surface area contributed by atoms with Crippen molar-refractivity contribution >= 4 is 56.5 Å². The summed E-state index contributed by atoms with van der Waals surface area (Å²) in [5, 5.41) is 15.3. The van der Waals surface area contributed by atoms with Gasteiger partial charge >= 0.3 is 5.97 Å². The smallest absolute Gasteiger partial charge is 0.341 e. The molecule has 2 aromatic carbocycles. The number of thiophene rings is 1. The van der Waals surface area contributed by atoms with E-state index >= 15 is 0 Å². The van der Waals surface area contributed by atoms with E-state index in [4.69, 9.17) is 14.2 Å². The maximum atomic E-state index is 13.6. The van der Waals surface area contributed by atoms with Gasteiger partial charge in [0.1, 0.15) is 23.8 Å². The number of hydrogen-bond donors (Lipinski definition) is 1. The number of fused-ring (bicyclic) bond motifs is 4. The van der Waals surface area contributed by atoms with Gasteiger partial charge in [-0.1, -0.05) is 43.0 Å². The second-order valence-corrected chi connectivity index (χ2v) is 11.3. The van der Waals surface area contributed by atoms with E-state index < -0.39 is 11.2 Å². The topological polar surface area (TPSA) is 104 Å². The fourth-order valence-electron chi connectivity index (χ4n) is 4.77. The molecule has 0 aliphatic carbocycles. The lowest BCUT2D eigenvalue weighted by Gasteiger charge is -2.19. The van der Waals surface area contributed by atoms with E-state index in [2.05, 4.69) is 21.6 Å². The van der Waals surface area contributed by atoms with E-state index in [-0.39, 0.29) is 5.91 Å². The molecule has 3 aromatic heterocycles. The van der Waals surface area contributed by atoms with Crippen molar-refractivity contribution in [3.05, 3.63) is 65.0 Å². The number of esters is 1. The average Bonchev–Trinajstić information content (AvgIpc) is 3.59. The largest absolute Gasteiger partial charge is 0.486 e. The third kappa shape index (κ3) is 4.65. The predicted octanol–water partition coefficient (Wildman–Crippen LogP) is 5.99. The Morgan fingerprint density at radius 1 is 1.12 bits per heavy atom. The van der Waals surface area contributed by atoms with E-state index in [0.29, 0.717) is 52.4 Å². The van der Waals surface area contributed by atoms with Crippen molar-refractivity contribution in [3.63, 3.8) is 0 Å². The van der Waals surface area contributed by atoms with Crippen LogP contribution >= 0.6 is 23.1 Å². The maximum Gasteiger partial charge on any atom is 0.341 e. The Morgan fingerprint density at radius 3 is 2.73 bits per heavy atom. The highest BCUT2D eigenvalue weighted by Crippen LogP contribution is 2.41. The fourth-order valence-corrected chi connectivity index (χ4v) is 6.70. The van der Waals surface area contributed by atoms with Crippen molar-refractivity contribution in [2.45, 2.75) is 30.7 Å². The number of methoxy groups -OCH3 is 1. The van der Waals surface area contributed by atoms with Gasteiger partial charge in [-0.25, -0.2) is 4.79 Å². The number of ether oxygens (including phenoxy) is 3. The van der Waals surface area contributed by atoms with Gasteiger partial charge in [0.15, 0.2) is 22.3 Å². The first-order valence-corrected chi connectivity index (χ1v) is 14.5. The first kappa shape index (κ1) is 26.1. The Hall–Kier alpha value is -4.09. The minimum Gasteiger partial charge on any atom is -0.486 e. The van der Waals surface area contributed by atoms with Gasteiger partial charge in [0.05, 0.1) is 17.9 Å². The lowest BCUT2D eigenvalue weighted by Crippen LogP contribution is -2.25. The maximum absolute atomic E-state index is 13.6. The normalized spacial score (nSPS) is 13.4. The number of anilines is 1. The van der Waals surface area contributed by atoms with Crippen molar-refractivity contribution in [1.29, 1.82) is 0 Å². The number of nitrogens with one attached hydrogen (secondary N) is 1. The fraction of sp³-hybridized carbons (Fsp3) is 0.241. The van der Waals surface area contributed by atoms with Crippen LogP contribution in [0.4, 0.5) is 5.00 Å². The summed E-state index contributed by atoms with van der Waals surface area (Å²) in [4.78, 5) is 26.5. The van der Waals surface area contributed by atoms with Crippen molar-refractivity contribution in [1.82, 2.24) is 14.6 Å². The van der Waals surface area contributed by atoms with Crippen LogP contribution in [-0.2, 0) is 9.53 Å². The van der Waals surface area contributed by atoms with Crippen LogP contribution in [0, 0.1) is 6.92 Å². The van der Waals surface area contributed by atoms with Crippen molar-refractivity contribution in [3.8, 4) is 22.6 Å². The molecule has 1 atom stereocenters. The molecule has 0 spiro atoms. The zero-order chi connectivity index (χ0) is 27.8. The zero-order valence-electron chi connectivity index (χ0n) is 22.1. The summed E-state index contributed by atoms with van der Waals surface area (Å²) in [6, 6.07) is 15.6. The molecule has 4 heterocycles. The molecule has 9 nitrogen and oxygen atoms in total. The van der Waals surface area contributed by atoms with Crippen LogP contribution in [0.5, 0.6) is 11.5 Å². The molecule has 1 aliphatic rings. The molecule has 0 saturated carbocycles. The number of carbonyl (C=O) groups excluding carboxylic acids is 2. The molecule has 1 N–H and O–H groups in total. The number of pyridine rings is 1. The van der Waals surface area contributed by atoms with Gasteiger partial charge in [0.25, 0.3) is 0 Å². The zero-order valence-corrected chi connectivity index (χ0v) is 23.7. The van der Waals surface area contributed by atoms with Gasteiger partial charge in [0, 0.05) is 16.3 Å². The van der Waals surface area contributed by atoms with Crippen molar-refractivity contribution in [2.75, 3.05) is 25.6 Å². The molecule has 0 saturated heterocycles. The van der Waals surface area contributed by atoms with E-state index in [1.807, 2.05) is 66.1 Å². The van der Waals surface area contributed by atoms with E-state index in [1.54, 1.807) is 0 Å². The average molecular weight is 575 g/mol. The SMILES string of the molecule is CCC(Sc1nnc2cc(C)c3ccccc3n12)C(=O)Nc1scc(-c2ccc3c(c2)OCCO3)c1C(=O)OC. The van der Waals surface area contributed by atoms with Gasteiger partial charge in [-0.3, -0.25) is 9.20 Å². The highest BCUT2D eigenvalue weighted by molar-refractivity contribution is 8.00. The van der Waals surface area contributed by atoms with Gasteiger partial charge in [-0.05, 0) is 48.7 Å². The number of thioether (sulfide) groups is 1. The number of para-hydroxylation sites is 1. The van der Waals surface area contributed by atoms with Gasteiger partial charge in [-0.15, -0.1) is 21.5 Å². The van der Waals surface area contributed by atoms with E-state index in [0.717, 1.165) is 27.7 Å². The van der Waals surface area contributed by atoms with E-state index in [1.165, 1.54) is 30.2 Å². The standard InChI is InChI=1S/C29H26N4O5S2/c1-4-23(40-29-32-31-24-13-16(2)18-7-5-6-8-20(18)33(24)29)26(34)30-27-25(28(35)36-3)19(15-39-27)17-9-10-21-22(14-17)38-12-11-37-21/h5-10,13-15,23H,4,11-12H2,1-3H3,(H,30,34). The summed E-state index contributed by atoms with van der Waals surface area (Å²) < 4.78 is 18.4. The second-order valence-electron chi connectivity index (χ2n) is 9.23.